The second kappa shape index (κ2) is 10.8. The summed E-state index contributed by atoms with van der Waals surface area (Å²) in [4.78, 5) is -0.455. The fourth-order valence-corrected chi connectivity index (χ4v) is 7.99. The fraction of sp³-hybridized carbons (Fsp3) is 0.143. The van der Waals surface area contributed by atoms with Gasteiger partial charge in [0.15, 0.2) is 0 Å². The maximum absolute atomic E-state index is 14.4. The molecule has 0 saturated carbocycles. The van der Waals surface area contributed by atoms with Gasteiger partial charge < -0.3 is 0 Å². The molecule has 202 valence electrons. The summed E-state index contributed by atoms with van der Waals surface area (Å²) in [6.45, 7) is -0.128. The topological polar surface area (TPSA) is 46.6 Å². The first-order chi connectivity index (χ1) is 18.5. The van der Waals surface area contributed by atoms with E-state index >= 15 is 0 Å². The molecule has 39 heavy (non-hydrogen) atoms. The quantitative estimate of drug-likeness (QED) is 0.199. The molecule has 1 heterocycles. The molecule has 0 aliphatic carbocycles. The van der Waals surface area contributed by atoms with Gasteiger partial charge in [-0.1, -0.05) is 0 Å². The first kappa shape index (κ1) is 27.5. The molecule has 5 rings (SSSR count). The fourth-order valence-electron chi connectivity index (χ4n) is 4.20. The van der Waals surface area contributed by atoms with E-state index in [4.69, 9.17) is 16.3 Å². The van der Waals surface area contributed by atoms with Crippen molar-refractivity contribution >= 4 is 51.2 Å². The first-order valence-corrected chi connectivity index (χ1v) is 15.2. The summed E-state index contributed by atoms with van der Waals surface area (Å²) in [7, 11) is -4.30. The predicted octanol–water partition coefficient (Wildman–Crippen LogP) is 5.48. The van der Waals surface area contributed by atoms with Crippen molar-refractivity contribution in [2.24, 2.45) is 0 Å². The van der Waals surface area contributed by atoms with Gasteiger partial charge in [0.05, 0.1) is 0 Å². The van der Waals surface area contributed by atoms with Gasteiger partial charge in [-0.05, 0) is 0 Å². The summed E-state index contributed by atoms with van der Waals surface area (Å²) in [6.07, 6.45) is -4.30. The molecule has 0 radical (unpaired) electrons. The number of hydrogen-bond donors (Lipinski definition) is 0. The maximum atomic E-state index is 14.4. The summed E-state index contributed by atoms with van der Waals surface area (Å²) in [5.74, 6) is -0.185. The van der Waals surface area contributed by atoms with Crippen LogP contribution in [0.15, 0.2) is 89.8 Å². The summed E-state index contributed by atoms with van der Waals surface area (Å²) in [5, 5.41) is 0.194. The molecule has 1 aliphatic heterocycles. The molecule has 0 amide bonds. The van der Waals surface area contributed by atoms with Crippen molar-refractivity contribution in [3.63, 3.8) is 0 Å². The Hall–Kier alpha value is -3.04. The van der Waals surface area contributed by atoms with E-state index in [1.807, 2.05) is 36.4 Å². The van der Waals surface area contributed by atoms with Crippen LogP contribution >= 0.6 is 11.6 Å². The van der Waals surface area contributed by atoms with Crippen LogP contribution < -0.4 is 18.0 Å². The third-order valence-electron chi connectivity index (χ3n) is 6.15. The number of nitrogens with zero attached hydrogens (tertiary/aromatic N) is 1. The van der Waals surface area contributed by atoms with E-state index in [1.54, 1.807) is 12.1 Å². The summed E-state index contributed by atoms with van der Waals surface area (Å²) in [5.41, 5.74) is 0.158. The van der Waals surface area contributed by atoms with Crippen molar-refractivity contribution in [3.05, 3.63) is 112 Å². The molecule has 0 bridgehead atoms. The van der Waals surface area contributed by atoms with Gasteiger partial charge >= 0.3 is 235 Å². The van der Waals surface area contributed by atoms with E-state index in [9.17, 15) is 26.0 Å². The zero-order valence-electron chi connectivity index (χ0n) is 20.1. The van der Waals surface area contributed by atoms with Crippen LogP contribution in [0.2, 0.25) is 5.02 Å². The first-order valence-electron chi connectivity index (χ1n) is 11.7. The minimum atomic E-state index is -4.68. The van der Waals surface area contributed by atoms with E-state index in [1.165, 1.54) is 12.1 Å². The molecule has 4 aromatic rings. The average Bonchev–Trinajstić information content (AvgIpc) is 3.32. The normalized spacial score (nSPS) is 13.4. The van der Waals surface area contributed by atoms with Crippen molar-refractivity contribution in [1.82, 2.24) is 0 Å². The zero-order valence-corrected chi connectivity index (χ0v) is 23.4. The van der Waals surface area contributed by atoms with Gasteiger partial charge in [0.1, 0.15) is 0 Å². The molecule has 0 N–H and O–H groups in total. The number of anilines is 1. The number of halogens is 5. The molecule has 0 unspecified atom stereocenters. The molecule has 4 aromatic carbocycles. The van der Waals surface area contributed by atoms with E-state index in [0.717, 1.165) is 37.0 Å². The number of benzene rings is 4. The number of sulfonamides is 1. The molecule has 0 atom stereocenters. The van der Waals surface area contributed by atoms with E-state index < -0.39 is 32.5 Å². The monoisotopic (exact) mass is 641 g/mol. The minimum absolute atomic E-state index is 0.0638. The predicted molar refractivity (Wildman–Crippen MR) is 143 cm³/mol. The molecular formula is C28H20ClF4NO3SSe. The average molecular weight is 641 g/mol. The summed E-state index contributed by atoms with van der Waals surface area (Å²) in [6, 6.07) is 21.1. The standard InChI is InChI=1S/C28H20ClF4NO3SSe/c29-23-10-5-11-24(30)22(23)17-37-26-16-25-18(14-27(26)39-21-8-2-1-3-9-21)12-13-34(25)38(35,36)20-7-4-6-19(15-20)28(31,32)33/h1-11,14-16H,12-13,17H2. The van der Waals surface area contributed by atoms with Crippen molar-refractivity contribution < 1.29 is 30.7 Å². The van der Waals surface area contributed by atoms with Crippen molar-refractivity contribution in [2.45, 2.75) is 24.1 Å². The van der Waals surface area contributed by atoms with Crippen LogP contribution in [0, 0.1) is 5.82 Å². The van der Waals surface area contributed by atoms with Crippen LogP contribution in [0.5, 0.6) is 5.75 Å². The van der Waals surface area contributed by atoms with Crippen LogP contribution in [-0.4, -0.2) is 29.9 Å². The number of fused-ring (bicyclic) bond motifs is 1. The Morgan fingerprint density at radius 1 is 0.949 bits per heavy atom. The van der Waals surface area contributed by atoms with E-state index in [0.29, 0.717) is 23.9 Å². The van der Waals surface area contributed by atoms with Crippen molar-refractivity contribution in [3.8, 4) is 5.75 Å². The number of ether oxygens (including phenoxy) is 1. The van der Waals surface area contributed by atoms with Gasteiger partial charge in [0, 0.05) is 0 Å². The van der Waals surface area contributed by atoms with Gasteiger partial charge in [-0.15, -0.1) is 0 Å². The zero-order chi connectivity index (χ0) is 27.8. The Bertz CT molecular complexity index is 1610. The van der Waals surface area contributed by atoms with Crippen LogP contribution in [0.3, 0.4) is 0 Å². The Balaban J connectivity index is 1.54. The van der Waals surface area contributed by atoms with E-state index in [-0.39, 0.29) is 38.7 Å². The van der Waals surface area contributed by atoms with Gasteiger partial charge in [0.25, 0.3) is 0 Å². The molecular weight excluding hydrogens is 621 g/mol. The van der Waals surface area contributed by atoms with E-state index in [2.05, 4.69) is 0 Å². The van der Waals surface area contributed by atoms with Gasteiger partial charge in [-0.25, -0.2) is 0 Å². The van der Waals surface area contributed by atoms with Crippen LogP contribution in [0.1, 0.15) is 16.7 Å². The second-order valence-corrected chi connectivity index (χ2v) is 13.3. The second-order valence-electron chi connectivity index (χ2n) is 8.68. The molecule has 0 fully saturated rings. The SMILES string of the molecule is O=S(=O)(c1cccc(C(F)(F)F)c1)N1CCc2cc([Se]c3ccccc3)c(OCc3c(F)cccc3Cl)cc21. The Labute approximate surface area is 234 Å². The van der Waals surface area contributed by atoms with Gasteiger partial charge in [-0.3, -0.25) is 0 Å². The summed E-state index contributed by atoms with van der Waals surface area (Å²) < 4.78 is 90.2. The third-order valence-corrected chi connectivity index (χ3v) is 10.5. The molecule has 0 saturated heterocycles. The number of rotatable bonds is 7. The Morgan fingerprint density at radius 3 is 2.41 bits per heavy atom. The summed E-state index contributed by atoms with van der Waals surface area (Å²) >= 11 is 5.95. The molecule has 11 heteroatoms. The van der Waals surface area contributed by atoms with Gasteiger partial charge in [-0.2, -0.15) is 0 Å². The Kier molecular flexibility index (Phi) is 7.66. The molecule has 4 nitrogen and oxygen atoms in total. The van der Waals surface area contributed by atoms with Crippen LogP contribution in [-0.2, 0) is 29.2 Å². The van der Waals surface area contributed by atoms with Crippen LogP contribution in [0.25, 0.3) is 0 Å². The van der Waals surface area contributed by atoms with Gasteiger partial charge in [0.2, 0.25) is 0 Å². The van der Waals surface area contributed by atoms with Crippen molar-refractivity contribution in [2.75, 3.05) is 10.8 Å². The number of alkyl halides is 3. The third kappa shape index (κ3) is 5.79. The van der Waals surface area contributed by atoms with Crippen LogP contribution in [0.4, 0.5) is 23.2 Å². The Morgan fingerprint density at radius 2 is 1.69 bits per heavy atom. The van der Waals surface area contributed by atoms with Crippen molar-refractivity contribution in [1.29, 1.82) is 0 Å². The number of hydrogen-bond acceptors (Lipinski definition) is 3. The molecule has 1 aliphatic rings. The molecule has 0 spiro atoms. The molecule has 0 aromatic heterocycles.